The van der Waals surface area contributed by atoms with Gasteiger partial charge in [-0.25, -0.2) is 0 Å². The van der Waals surface area contributed by atoms with Crippen LogP contribution in [-0.2, 0) is 4.74 Å². The summed E-state index contributed by atoms with van der Waals surface area (Å²) in [4.78, 5) is 2.71. The maximum absolute atomic E-state index is 5.28. The standard InChI is InChI=1S/C17H36N2O/c1-13(9-10-20-8)19-12-14(16(2,3)4)18-11-15(19)17(5,6)7/h13-15,18H,9-12H2,1-8H3. The zero-order valence-electron chi connectivity index (χ0n) is 14.9. The van der Waals surface area contributed by atoms with Crippen LogP contribution in [0.4, 0.5) is 0 Å². The van der Waals surface area contributed by atoms with Crippen molar-refractivity contribution in [2.24, 2.45) is 10.8 Å². The lowest BCUT2D eigenvalue weighted by Crippen LogP contribution is -2.65. The Morgan fingerprint density at radius 3 is 2.20 bits per heavy atom. The first-order valence-corrected chi connectivity index (χ1v) is 8.05. The van der Waals surface area contributed by atoms with Crippen LogP contribution in [-0.4, -0.2) is 49.8 Å². The normalized spacial score (nSPS) is 27.6. The molecule has 1 aliphatic rings. The van der Waals surface area contributed by atoms with Crippen molar-refractivity contribution in [3.63, 3.8) is 0 Å². The van der Waals surface area contributed by atoms with Crippen LogP contribution in [0.3, 0.4) is 0 Å². The molecule has 0 radical (unpaired) electrons. The van der Waals surface area contributed by atoms with Gasteiger partial charge in [-0.05, 0) is 24.2 Å². The summed E-state index contributed by atoms with van der Waals surface area (Å²) < 4.78 is 5.28. The van der Waals surface area contributed by atoms with Crippen LogP contribution in [0.25, 0.3) is 0 Å². The van der Waals surface area contributed by atoms with Crippen LogP contribution in [0.15, 0.2) is 0 Å². The number of rotatable bonds is 4. The van der Waals surface area contributed by atoms with E-state index in [1.807, 2.05) is 0 Å². The molecule has 0 aromatic carbocycles. The summed E-state index contributed by atoms with van der Waals surface area (Å²) in [5.41, 5.74) is 0.610. The van der Waals surface area contributed by atoms with Gasteiger partial charge in [0.1, 0.15) is 0 Å². The van der Waals surface area contributed by atoms with Gasteiger partial charge in [0.15, 0.2) is 0 Å². The predicted octanol–water partition coefficient (Wildman–Crippen LogP) is 3.15. The molecule has 0 spiro atoms. The summed E-state index contributed by atoms with van der Waals surface area (Å²) in [6, 6.07) is 1.73. The van der Waals surface area contributed by atoms with Crippen LogP contribution >= 0.6 is 0 Å². The van der Waals surface area contributed by atoms with Gasteiger partial charge < -0.3 is 10.1 Å². The van der Waals surface area contributed by atoms with Crippen molar-refractivity contribution < 1.29 is 4.74 Å². The molecule has 3 atom stereocenters. The Bertz CT molecular complexity index is 290. The molecular weight excluding hydrogens is 248 g/mol. The summed E-state index contributed by atoms with van der Waals surface area (Å²) in [7, 11) is 1.80. The van der Waals surface area contributed by atoms with E-state index in [0.717, 1.165) is 26.1 Å². The minimum Gasteiger partial charge on any atom is -0.385 e. The quantitative estimate of drug-likeness (QED) is 0.858. The molecule has 3 heteroatoms. The monoisotopic (exact) mass is 284 g/mol. The molecule has 0 aromatic rings. The molecule has 0 saturated carbocycles. The Morgan fingerprint density at radius 1 is 1.15 bits per heavy atom. The minimum absolute atomic E-state index is 0.303. The van der Waals surface area contributed by atoms with E-state index in [-0.39, 0.29) is 0 Å². The van der Waals surface area contributed by atoms with Gasteiger partial charge in [-0.15, -0.1) is 0 Å². The molecule has 0 aromatic heterocycles. The first-order chi connectivity index (χ1) is 9.07. The Labute approximate surface area is 126 Å². The molecule has 0 bridgehead atoms. The van der Waals surface area contributed by atoms with Crippen LogP contribution in [0, 0.1) is 10.8 Å². The fourth-order valence-corrected chi connectivity index (χ4v) is 3.10. The van der Waals surface area contributed by atoms with Crippen LogP contribution < -0.4 is 5.32 Å². The highest BCUT2D eigenvalue weighted by Crippen LogP contribution is 2.32. The van der Waals surface area contributed by atoms with E-state index in [1.165, 1.54) is 0 Å². The number of methoxy groups -OCH3 is 1. The van der Waals surface area contributed by atoms with Crippen LogP contribution in [0.2, 0.25) is 0 Å². The lowest BCUT2D eigenvalue weighted by Gasteiger charge is -2.51. The molecule has 20 heavy (non-hydrogen) atoms. The topological polar surface area (TPSA) is 24.5 Å². The summed E-state index contributed by atoms with van der Waals surface area (Å²) >= 11 is 0. The van der Waals surface area contributed by atoms with E-state index in [1.54, 1.807) is 7.11 Å². The number of piperazine rings is 1. The molecule has 1 aliphatic heterocycles. The maximum Gasteiger partial charge on any atom is 0.0477 e. The third-order valence-electron chi connectivity index (χ3n) is 4.70. The molecule has 1 saturated heterocycles. The van der Waals surface area contributed by atoms with E-state index in [9.17, 15) is 0 Å². The van der Waals surface area contributed by atoms with Gasteiger partial charge in [0.25, 0.3) is 0 Å². The van der Waals surface area contributed by atoms with E-state index in [4.69, 9.17) is 4.74 Å². The van der Waals surface area contributed by atoms with Crippen molar-refractivity contribution in [1.82, 2.24) is 10.2 Å². The smallest absolute Gasteiger partial charge is 0.0477 e. The van der Waals surface area contributed by atoms with Crippen molar-refractivity contribution in [2.75, 3.05) is 26.8 Å². The average Bonchev–Trinajstić information content (AvgIpc) is 2.33. The minimum atomic E-state index is 0.303. The molecule has 3 unspecified atom stereocenters. The summed E-state index contributed by atoms with van der Waals surface area (Å²) in [6.45, 7) is 19.5. The van der Waals surface area contributed by atoms with E-state index >= 15 is 0 Å². The zero-order chi connectivity index (χ0) is 15.6. The second kappa shape index (κ2) is 6.76. The highest BCUT2D eigenvalue weighted by Gasteiger charge is 2.40. The highest BCUT2D eigenvalue weighted by atomic mass is 16.5. The number of hydrogen-bond acceptors (Lipinski definition) is 3. The molecule has 0 aliphatic carbocycles. The second-order valence-corrected chi connectivity index (χ2v) is 8.54. The first-order valence-electron chi connectivity index (χ1n) is 8.05. The Balaban J connectivity index is 2.83. The molecule has 3 nitrogen and oxygen atoms in total. The van der Waals surface area contributed by atoms with Crippen molar-refractivity contribution >= 4 is 0 Å². The molecule has 1 rings (SSSR count). The Kier molecular flexibility index (Phi) is 6.06. The van der Waals surface area contributed by atoms with Crippen molar-refractivity contribution in [1.29, 1.82) is 0 Å². The van der Waals surface area contributed by atoms with Gasteiger partial charge in [0.2, 0.25) is 0 Å². The number of nitrogens with zero attached hydrogens (tertiary/aromatic N) is 1. The lowest BCUT2D eigenvalue weighted by atomic mass is 9.79. The van der Waals surface area contributed by atoms with Gasteiger partial charge in [0.05, 0.1) is 0 Å². The van der Waals surface area contributed by atoms with E-state index < -0.39 is 0 Å². The fourth-order valence-electron chi connectivity index (χ4n) is 3.10. The Hall–Kier alpha value is -0.120. The summed E-state index contributed by atoms with van der Waals surface area (Å²) in [6.07, 6.45) is 1.11. The molecule has 1 N–H and O–H groups in total. The van der Waals surface area contributed by atoms with E-state index in [0.29, 0.717) is 29.0 Å². The predicted molar refractivity (Wildman–Crippen MR) is 87.1 cm³/mol. The second-order valence-electron chi connectivity index (χ2n) is 8.54. The molecular formula is C17H36N2O. The van der Waals surface area contributed by atoms with Crippen LogP contribution in [0.1, 0.15) is 54.9 Å². The largest absolute Gasteiger partial charge is 0.385 e. The van der Waals surface area contributed by atoms with Gasteiger partial charge >= 0.3 is 0 Å². The van der Waals surface area contributed by atoms with Crippen molar-refractivity contribution in [3.8, 4) is 0 Å². The zero-order valence-corrected chi connectivity index (χ0v) is 14.9. The van der Waals surface area contributed by atoms with Gasteiger partial charge in [-0.1, -0.05) is 41.5 Å². The van der Waals surface area contributed by atoms with E-state index in [2.05, 4.69) is 58.7 Å². The first kappa shape index (κ1) is 17.9. The number of ether oxygens (including phenoxy) is 1. The summed E-state index contributed by atoms with van der Waals surface area (Å²) in [5.74, 6) is 0. The molecule has 1 heterocycles. The summed E-state index contributed by atoms with van der Waals surface area (Å²) in [5, 5.41) is 3.78. The molecule has 120 valence electrons. The van der Waals surface area contributed by atoms with Gasteiger partial charge in [0, 0.05) is 44.9 Å². The SMILES string of the molecule is COCCC(C)N1CC(C(C)(C)C)NCC1C(C)(C)C. The highest BCUT2D eigenvalue weighted by molar-refractivity contribution is 4.97. The maximum atomic E-state index is 5.28. The van der Waals surface area contributed by atoms with Crippen LogP contribution in [0.5, 0.6) is 0 Å². The van der Waals surface area contributed by atoms with Crippen molar-refractivity contribution in [2.45, 2.75) is 73.0 Å². The average molecular weight is 284 g/mol. The number of hydrogen-bond donors (Lipinski definition) is 1. The molecule has 1 fully saturated rings. The third kappa shape index (κ3) is 4.71. The third-order valence-corrected chi connectivity index (χ3v) is 4.70. The Morgan fingerprint density at radius 2 is 1.75 bits per heavy atom. The fraction of sp³-hybridized carbons (Fsp3) is 1.00. The van der Waals surface area contributed by atoms with Crippen molar-refractivity contribution in [3.05, 3.63) is 0 Å². The molecule has 0 amide bonds. The lowest BCUT2D eigenvalue weighted by molar-refractivity contribution is -0.00318. The number of nitrogens with one attached hydrogen (secondary N) is 1. The van der Waals surface area contributed by atoms with Gasteiger partial charge in [-0.3, -0.25) is 4.90 Å². The van der Waals surface area contributed by atoms with Gasteiger partial charge in [-0.2, -0.15) is 0 Å².